The summed E-state index contributed by atoms with van der Waals surface area (Å²) in [6.07, 6.45) is 53.1. The van der Waals surface area contributed by atoms with Crippen LogP contribution < -0.4 is 4.89 Å². The average Bonchev–Trinajstić information content (AvgIpc) is 3.23. The molecule has 2 atom stereocenters. The lowest BCUT2D eigenvalue weighted by atomic mass is 10.0. The lowest BCUT2D eigenvalue weighted by Crippen LogP contribution is -2.37. The molecule has 362 valence electrons. The van der Waals surface area contributed by atoms with Crippen LogP contribution in [0.15, 0.2) is 48.6 Å². The predicted octanol–water partition coefficient (Wildman–Crippen LogP) is 14.4. The highest BCUT2D eigenvalue weighted by Crippen LogP contribution is 2.38. The molecule has 0 spiro atoms. The van der Waals surface area contributed by atoms with Gasteiger partial charge in [0.05, 0.1) is 27.7 Å². The van der Waals surface area contributed by atoms with E-state index in [2.05, 4.69) is 62.5 Å². The van der Waals surface area contributed by atoms with Gasteiger partial charge in [-0.3, -0.25) is 14.2 Å². The average molecular weight is 894 g/mol. The topological polar surface area (TPSA) is 111 Å². The zero-order chi connectivity index (χ0) is 45.7. The number of hydrogen-bond acceptors (Lipinski definition) is 8. The Labute approximate surface area is 382 Å². The molecule has 62 heavy (non-hydrogen) atoms. The Balaban J connectivity index is 4.32. The van der Waals surface area contributed by atoms with Gasteiger partial charge >= 0.3 is 11.9 Å². The quantitative estimate of drug-likeness (QED) is 0.0195. The summed E-state index contributed by atoms with van der Waals surface area (Å²) in [5, 5.41) is 0. The minimum Gasteiger partial charge on any atom is -0.756 e. The van der Waals surface area contributed by atoms with Gasteiger partial charge in [0.2, 0.25) is 0 Å². The van der Waals surface area contributed by atoms with Gasteiger partial charge in [0.15, 0.2) is 6.10 Å². The van der Waals surface area contributed by atoms with Crippen LogP contribution in [-0.4, -0.2) is 70.0 Å². The Hall–Kier alpha value is -2.03. The Kier molecular flexibility index (Phi) is 42.7. The lowest BCUT2D eigenvalue weighted by molar-refractivity contribution is -0.870. The Morgan fingerprint density at radius 1 is 0.500 bits per heavy atom. The van der Waals surface area contributed by atoms with Crippen molar-refractivity contribution < 1.29 is 42.1 Å². The molecule has 0 heterocycles. The van der Waals surface area contributed by atoms with Gasteiger partial charge in [-0.2, -0.15) is 0 Å². The van der Waals surface area contributed by atoms with Crippen LogP contribution in [-0.2, 0) is 32.7 Å². The van der Waals surface area contributed by atoms with Crippen molar-refractivity contribution in [2.24, 2.45) is 0 Å². The van der Waals surface area contributed by atoms with Gasteiger partial charge < -0.3 is 27.9 Å². The first-order valence-corrected chi connectivity index (χ1v) is 26.8. The molecule has 0 aliphatic heterocycles. The predicted molar refractivity (Wildman–Crippen MR) is 259 cm³/mol. The van der Waals surface area contributed by atoms with Crippen molar-refractivity contribution in [3.63, 3.8) is 0 Å². The first-order chi connectivity index (χ1) is 30.0. The number of phosphoric ester groups is 1. The van der Waals surface area contributed by atoms with E-state index >= 15 is 0 Å². The second kappa shape index (κ2) is 44.2. The molecule has 9 nitrogen and oxygen atoms in total. The third-order valence-corrected chi connectivity index (χ3v) is 11.8. The first-order valence-electron chi connectivity index (χ1n) is 25.3. The number of unbranched alkanes of at least 4 members (excludes halogenated alkanes) is 24. The number of allylic oxidation sites excluding steroid dienone is 8. The van der Waals surface area contributed by atoms with Crippen LogP contribution in [0, 0.1) is 0 Å². The molecule has 0 aromatic carbocycles. The van der Waals surface area contributed by atoms with E-state index in [4.69, 9.17) is 18.5 Å². The van der Waals surface area contributed by atoms with Crippen LogP contribution in [0.3, 0.4) is 0 Å². The highest BCUT2D eigenvalue weighted by atomic mass is 31.2. The van der Waals surface area contributed by atoms with Gasteiger partial charge in [-0.25, -0.2) is 0 Å². The monoisotopic (exact) mass is 894 g/mol. The van der Waals surface area contributed by atoms with Crippen molar-refractivity contribution in [1.29, 1.82) is 0 Å². The van der Waals surface area contributed by atoms with Crippen molar-refractivity contribution in [2.45, 2.75) is 225 Å². The van der Waals surface area contributed by atoms with Crippen LogP contribution in [0.5, 0.6) is 0 Å². The number of ether oxygens (including phenoxy) is 2. The molecule has 0 bridgehead atoms. The summed E-state index contributed by atoms with van der Waals surface area (Å²) in [6.45, 7) is 4.16. The fourth-order valence-corrected chi connectivity index (χ4v) is 7.55. The highest BCUT2D eigenvalue weighted by molar-refractivity contribution is 7.45. The van der Waals surface area contributed by atoms with Crippen LogP contribution in [0.25, 0.3) is 0 Å². The van der Waals surface area contributed by atoms with Gasteiger partial charge in [0, 0.05) is 12.8 Å². The summed E-state index contributed by atoms with van der Waals surface area (Å²) in [6, 6.07) is 0. The van der Waals surface area contributed by atoms with Crippen LogP contribution in [0.1, 0.15) is 219 Å². The normalized spacial score (nSPS) is 13.8. The van der Waals surface area contributed by atoms with Crippen LogP contribution in [0.2, 0.25) is 0 Å². The van der Waals surface area contributed by atoms with E-state index in [1.165, 1.54) is 128 Å². The summed E-state index contributed by atoms with van der Waals surface area (Å²) in [5.74, 6) is -0.919. The van der Waals surface area contributed by atoms with Crippen molar-refractivity contribution in [3.05, 3.63) is 48.6 Å². The van der Waals surface area contributed by atoms with Crippen LogP contribution >= 0.6 is 7.82 Å². The van der Waals surface area contributed by atoms with E-state index in [0.717, 1.165) is 51.4 Å². The van der Waals surface area contributed by atoms with Crippen molar-refractivity contribution in [1.82, 2.24) is 0 Å². The van der Waals surface area contributed by atoms with Gasteiger partial charge in [-0.1, -0.05) is 178 Å². The van der Waals surface area contributed by atoms with E-state index in [1.807, 2.05) is 21.1 Å². The summed E-state index contributed by atoms with van der Waals surface area (Å²) >= 11 is 0. The summed E-state index contributed by atoms with van der Waals surface area (Å²) in [4.78, 5) is 37.6. The number of carbonyl (C=O) groups is 2. The number of rotatable bonds is 46. The molecule has 0 rings (SSSR count). The SMILES string of the molecule is CCCCCCCC/C=C/C/C=C/CCCCC(=O)O[C@@H](COC(=O)CCC/C=C/CC/C=C/CCCCCCCCCCCCCCCC)COP(=O)([O-])OCC[N+](C)(C)C. The largest absolute Gasteiger partial charge is 0.756 e. The van der Waals surface area contributed by atoms with Crippen LogP contribution in [0.4, 0.5) is 0 Å². The van der Waals surface area contributed by atoms with E-state index in [0.29, 0.717) is 23.9 Å². The van der Waals surface area contributed by atoms with Gasteiger partial charge in [-0.05, 0) is 77.0 Å². The number of phosphoric acid groups is 1. The summed E-state index contributed by atoms with van der Waals surface area (Å²) in [5.41, 5.74) is 0. The molecular weight excluding hydrogens is 798 g/mol. The molecule has 0 aromatic rings. The number of quaternary nitrogens is 1. The van der Waals surface area contributed by atoms with Crippen molar-refractivity contribution >= 4 is 19.8 Å². The molecule has 1 unspecified atom stereocenters. The molecular formula is C52H96NO8P. The third kappa shape index (κ3) is 47.4. The highest BCUT2D eigenvalue weighted by Gasteiger charge is 2.21. The van der Waals surface area contributed by atoms with Crippen molar-refractivity contribution in [2.75, 3.05) is 47.5 Å². The Morgan fingerprint density at radius 3 is 1.39 bits per heavy atom. The number of hydrogen-bond donors (Lipinski definition) is 0. The second-order valence-electron chi connectivity index (χ2n) is 18.2. The summed E-state index contributed by atoms with van der Waals surface area (Å²) < 4.78 is 33.9. The molecule has 0 fully saturated rings. The molecule has 0 aromatic heterocycles. The maximum Gasteiger partial charge on any atom is 0.306 e. The fourth-order valence-electron chi connectivity index (χ4n) is 6.82. The number of nitrogens with zero attached hydrogens (tertiary/aromatic N) is 1. The van der Waals surface area contributed by atoms with Gasteiger partial charge in [0.25, 0.3) is 7.82 Å². The smallest absolute Gasteiger partial charge is 0.306 e. The zero-order valence-electron chi connectivity index (χ0n) is 40.8. The first kappa shape index (κ1) is 60.0. The molecule has 0 aliphatic carbocycles. The lowest BCUT2D eigenvalue weighted by Gasteiger charge is -2.28. The fraction of sp³-hybridized carbons (Fsp3) is 0.808. The van der Waals surface area contributed by atoms with E-state index in [-0.39, 0.29) is 26.1 Å². The van der Waals surface area contributed by atoms with Gasteiger partial charge in [-0.15, -0.1) is 0 Å². The van der Waals surface area contributed by atoms with E-state index in [1.54, 1.807) is 0 Å². The minimum atomic E-state index is -4.65. The molecule has 10 heteroatoms. The second-order valence-corrected chi connectivity index (χ2v) is 19.6. The Bertz CT molecular complexity index is 1190. The molecule has 0 saturated heterocycles. The summed E-state index contributed by atoms with van der Waals surface area (Å²) in [7, 11) is 1.13. The third-order valence-electron chi connectivity index (χ3n) is 10.8. The van der Waals surface area contributed by atoms with E-state index in [9.17, 15) is 19.0 Å². The maximum absolute atomic E-state index is 12.7. The Morgan fingerprint density at radius 2 is 0.903 bits per heavy atom. The zero-order valence-corrected chi connectivity index (χ0v) is 41.7. The molecule has 0 amide bonds. The maximum atomic E-state index is 12.7. The standard InChI is InChI=1S/C52H96NO8P/c1-6-8-10-12-14-16-18-20-22-23-24-25-26-27-28-29-31-32-34-36-38-40-42-44-51(54)58-48-50(49-60-62(56,57)59-47-46-53(3,4)5)61-52(55)45-43-41-39-37-35-33-30-21-19-17-15-13-11-9-7-2/h21,29-31,35-38,50H,6-20,22-28,32-34,39-49H2,1-5H3/b30-21+,31-29+,37-35+,38-36+/t50-/m0/s1. The molecule has 0 N–H and O–H groups in total. The minimum absolute atomic E-state index is 0.0433. The van der Waals surface area contributed by atoms with Crippen molar-refractivity contribution in [3.8, 4) is 0 Å². The number of esters is 2. The number of carbonyl (C=O) groups excluding carboxylic acids is 2. The molecule has 0 aliphatic rings. The van der Waals surface area contributed by atoms with Gasteiger partial charge in [0.1, 0.15) is 19.8 Å². The molecule has 0 radical (unpaired) electrons. The number of likely N-dealkylation sites (N-methyl/N-ethyl adjacent to an activating group) is 1. The van der Waals surface area contributed by atoms with E-state index < -0.39 is 32.5 Å². The molecule has 0 saturated carbocycles.